The fourth-order valence-electron chi connectivity index (χ4n) is 1.33. The molecule has 0 radical (unpaired) electrons. The Labute approximate surface area is 92.6 Å². The molecule has 16 heavy (non-hydrogen) atoms. The van der Waals surface area contributed by atoms with Crippen molar-refractivity contribution in [2.75, 3.05) is 6.26 Å². The quantitative estimate of drug-likeness (QED) is 0.879. The summed E-state index contributed by atoms with van der Waals surface area (Å²) in [4.78, 5) is -0.667. The van der Waals surface area contributed by atoms with Crippen LogP contribution in [0.15, 0.2) is 17.0 Å². The highest BCUT2D eigenvalue weighted by Gasteiger charge is 2.18. The van der Waals surface area contributed by atoms with Crippen LogP contribution in [0.5, 0.6) is 0 Å². The van der Waals surface area contributed by atoms with Crippen LogP contribution in [0.2, 0.25) is 0 Å². The monoisotopic (exact) mass is 250 g/mol. The minimum absolute atomic E-state index is 0.0418. The number of aliphatic hydroxyl groups is 1. The SMILES string of the molecule is CC(O)Cc1cc(F)c(S(C)(=O)=O)cc1F. The molecule has 0 aliphatic rings. The zero-order valence-electron chi connectivity index (χ0n) is 8.87. The Balaban J connectivity index is 3.28. The Morgan fingerprint density at radius 2 is 1.88 bits per heavy atom. The van der Waals surface area contributed by atoms with Crippen molar-refractivity contribution in [3.63, 3.8) is 0 Å². The van der Waals surface area contributed by atoms with Gasteiger partial charge in [-0.25, -0.2) is 17.2 Å². The Morgan fingerprint density at radius 1 is 1.31 bits per heavy atom. The van der Waals surface area contributed by atoms with Crippen LogP contribution in [0.25, 0.3) is 0 Å². The van der Waals surface area contributed by atoms with Crippen molar-refractivity contribution in [1.29, 1.82) is 0 Å². The molecule has 0 amide bonds. The first-order valence-electron chi connectivity index (χ1n) is 4.58. The van der Waals surface area contributed by atoms with Gasteiger partial charge in [0.1, 0.15) is 16.5 Å². The minimum atomic E-state index is -3.78. The fourth-order valence-corrected chi connectivity index (χ4v) is 2.06. The van der Waals surface area contributed by atoms with Crippen molar-refractivity contribution in [2.45, 2.75) is 24.3 Å². The lowest BCUT2D eigenvalue weighted by atomic mass is 10.1. The molecule has 0 aliphatic carbocycles. The minimum Gasteiger partial charge on any atom is -0.393 e. The Hall–Kier alpha value is -1.01. The molecule has 0 spiro atoms. The molecule has 0 bridgehead atoms. The van der Waals surface area contributed by atoms with Gasteiger partial charge in [0.2, 0.25) is 0 Å². The number of benzene rings is 1. The number of aliphatic hydroxyl groups excluding tert-OH is 1. The second-order valence-corrected chi connectivity index (χ2v) is 5.68. The number of rotatable bonds is 3. The normalized spacial score (nSPS) is 13.8. The second-order valence-electron chi connectivity index (χ2n) is 3.70. The van der Waals surface area contributed by atoms with E-state index in [4.69, 9.17) is 5.11 Å². The molecule has 0 aromatic heterocycles. The van der Waals surface area contributed by atoms with E-state index in [1.807, 2.05) is 0 Å². The van der Waals surface area contributed by atoms with E-state index >= 15 is 0 Å². The molecule has 1 aromatic rings. The van der Waals surface area contributed by atoms with Gasteiger partial charge < -0.3 is 5.11 Å². The van der Waals surface area contributed by atoms with Crippen molar-refractivity contribution >= 4 is 9.84 Å². The summed E-state index contributed by atoms with van der Waals surface area (Å²) in [5.41, 5.74) is -0.0418. The van der Waals surface area contributed by atoms with Crippen LogP contribution in [0, 0.1) is 11.6 Å². The lowest BCUT2D eigenvalue weighted by Gasteiger charge is -2.08. The molecule has 90 valence electrons. The first-order valence-corrected chi connectivity index (χ1v) is 6.47. The number of hydrogen-bond donors (Lipinski definition) is 1. The van der Waals surface area contributed by atoms with E-state index in [0.717, 1.165) is 12.3 Å². The maximum Gasteiger partial charge on any atom is 0.178 e. The molecule has 1 rings (SSSR count). The van der Waals surface area contributed by atoms with E-state index in [1.54, 1.807) is 0 Å². The van der Waals surface area contributed by atoms with Crippen LogP contribution in [0.1, 0.15) is 12.5 Å². The van der Waals surface area contributed by atoms with Crippen LogP contribution >= 0.6 is 0 Å². The third-order valence-corrected chi connectivity index (χ3v) is 3.13. The Kier molecular flexibility index (Phi) is 3.64. The Morgan fingerprint density at radius 3 is 2.31 bits per heavy atom. The van der Waals surface area contributed by atoms with Gasteiger partial charge in [0.05, 0.1) is 6.10 Å². The standard InChI is InChI=1S/C10H12F2O3S/c1-6(13)3-7-4-9(12)10(5-8(7)11)16(2,14)15/h4-6,13H,3H2,1-2H3. The molecule has 0 saturated heterocycles. The third kappa shape index (κ3) is 2.99. The molecule has 6 heteroatoms. The van der Waals surface area contributed by atoms with E-state index in [1.165, 1.54) is 6.92 Å². The maximum absolute atomic E-state index is 13.4. The third-order valence-electron chi connectivity index (χ3n) is 2.02. The largest absolute Gasteiger partial charge is 0.393 e. The number of sulfone groups is 1. The summed E-state index contributed by atoms with van der Waals surface area (Å²) < 4.78 is 48.9. The molecule has 1 atom stereocenters. The molecule has 0 saturated carbocycles. The molecular weight excluding hydrogens is 238 g/mol. The van der Waals surface area contributed by atoms with Gasteiger partial charge in [0, 0.05) is 12.7 Å². The van der Waals surface area contributed by atoms with Gasteiger partial charge in [-0.1, -0.05) is 0 Å². The van der Waals surface area contributed by atoms with Crippen LogP contribution < -0.4 is 0 Å². The summed E-state index contributed by atoms with van der Waals surface area (Å²) in [5.74, 6) is -1.83. The summed E-state index contributed by atoms with van der Waals surface area (Å²) in [6.07, 6.45) is -0.0793. The van der Waals surface area contributed by atoms with Crippen molar-refractivity contribution < 1.29 is 22.3 Å². The highest BCUT2D eigenvalue weighted by Crippen LogP contribution is 2.20. The first kappa shape index (κ1) is 13.1. The topological polar surface area (TPSA) is 54.4 Å². The van der Waals surface area contributed by atoms with Crippen molar-refractivity contribution in [1.82, 2.24) is 0 Å². The molecule has 1 unspecified atom stereocenters. The molecule has 3 nitrogen and oxygen atoms in total. The molecule has 0 aliphatic heterocycles. The zero-order valence-corrected chi connectivity index (χ0v) is 9.68. The molecule has 0 heterocycles. The molecule has 0 fully saturated rings. The fraction of sp³-hybridized carbons (Fsp3) is 0.400. The summed E-state index contributed by atoms with van der Waals surface area (Å²) in [7, 11) is -3.78. The summed E-state index contributed by atoms with van der Waals surface area (Å²) in [6, 6.07) is 1.45. The van der Waals surface area contributed by atoms with E-state index in [0.29, 0.717) is 6.07 Å². The zero-order chi connectivity index (χ0) is 12.5. The first-order chi connectivity index (χ1) is 7.21. The molecule has 1 N–H and O–H groups in total. The maximum atomic E-state index is 13.4. The molecular formula is C10H12F2O3S. The number of halogens is 2. The van der Waals surface area contributed by atoms with Gasteiger partial charge in [0.15, 0.2) is 9.84 Å². The van der Waals surface area contributed by atoms with Gasteiger partial charge in [-0.15, -0.1) is 0 Å². The average molecular weight is 250 g/mol. The highest BCUT2D eigenvalue weighted by atomic mass is 32.2. The molecule has 1 aromatic carbocycles. The van der Waals surface area contributed by atoms with Crippen molar-refractivity contribution in [3.8, 4) is 0 Å². The number of hydrogen-bond acceptors (Lipinski definition) is 3. The van der Waals surface area contributed by atoms with E-state index in [2.05, 4.69) is 0 Å². The van der Waals surface area contributed by atoms with Crippen LogP contribution in [-0.2, 0) is 16.3 Å². The van der Waals surface area contributed by atoms with Gasteiger partial charge >= 0.3 is 0 Å². The predicted molar refractivity (Wildman–Crippen MR) is 54.9 cm³/mol. The van der Waals surface area contributed by atoms with Gasteiger partial charge in [-0.05, 0) is 24.6 Å². The van der Waals surface area contributed by atoms with Crippen LogP contribution in [0.3, 0.4) is 0 Å². The van der Waals surface area contributed by atoms with Gasteiger partial charge in [-0.3, -0.25) is 0 Å². The van der Waals surface area contributed by atoms with Crippen molar-refractivity contribution in [2.24, 2.45) is 0 Å². The predicted octanol–water partition coefficient (Wildman–Crippen LogP) is 1.29. The second kappa shape index (κ2) is 4.47. The smallest absolute Gasteiger partial charge is 0.178 e. The summed E-state index contributed by atoms with van der Waals surface area (Å²) >= 11 is 0. The summed E-state index contributed by atoms with van der Waals surface area (Å²) in [5, 5.41) is 9.04. The average Bonchev–Trinajstić information content (AvgIpc) is 2.07. The summed E-state index contributed by atoms with van der Waals surface area (Å²) in [6.45, 7) is 1.43. The Bertz CT molecular complexity index is 495. The lowest BCUT2D eigenvalue weighted by molar-refractivity contribution is 0.194. The van der Waals surface area contributed by atoms with Gasteiger partial charge in [-0.2, -0.15) is 0 Å². The lowest BCUT2D eigenvalue weighted by Crippen LogP contribution is -2.09. The van der Waals surface area contributed by atoms with E-state index in [9.17, 15) is 17.2 Å². The van der Waals surface area contributed by atoms with Crippen molar-refractivity contribution in [3.05, 3.63) is 29.3 Å². The van der Waals surface area contributed by atoms with E-state index < -0.39 is 32.5 Å². The van der Waals surface area contributed by atoms with Crippen LogP contribution in [-0.4, -0.2) is 25.9 Å². The van der Waals surface area contributed by atoms with Gasteiger partial charge in [0.25, 0.3) is 0 Å². The highest BCUT2D eigenvalue weighted by molar-refractivity contribution is 7.90. The van der Waals surface area contributed by atoms with Crippen LogP contribution in [0.4, 0.5) is 8.78 Å². The van der Waals surface area contributed by atoms with E-state index in [-0.39, 0.29) is 12.0 Å².